The molecule has 0 aliphatic rings. The third kappa shape index (κ3) is 7.48. The second-order valence-corrected chi connectivity index (χ2v) is 11.0. The Morgan fingerprint density at radius 1 is 1.18 bits per heavy atom. The number of ether oxygens (including phenoxy) is 1. The van der Waals surface area contributed by atoms with E-state index in [-0.39, 0.29) is 51.2 Å². The number of fused-ring (bicyclic) bond motifs is 1. The second kappa shape index (κ2) is 12.1. The number of halogens is 6. The summed E-state index contributed by atoms with van der Waals surface area (Å²) in [6.45, 7) is 7.07. The van der Waals surface area contributed by atoms with Crippen LogP contribution in [0.3, 0.4) is 0 Å². The van der Waals surface area contributed by atoms with E-state index in [1.807, 2.05) is 0 Å². The van der Waals surface area contributed by atoms with Crippen LogP contribution in [0.25, 0.3) is 11.0 Å². The molecular weight excluding hydrogens is 577 g/mol. The molecule has 2 aromatic carbocycles. The lowest BCUT2D eigenvalue weighted by molar-refractivity contribution is -0.153. The lowest BCUT2D eigenvalue weighted by Gasteiger charge is -2.19. The summed E-state index contributed by atoms with van der Waals surface area (Å²) in [5.41, 5.74) is -0.702. The van der Waals surface area contributed by atoms with Gasteiger partial charge in [-0.05, 0) is 31.0 Å². The second-order valence-electron chi connectivity index (χ2n) is 10.2. The van der Waals surface area contributed by atoms with E-state index in [9.17, 15) is 22.8 Å². The van der Waals surface area contributed by atoms with E-state index in [2.05, 4.69) is 25.9 Å². The maximum atomic E-state index is 15.5. The molecule has 1 heterocycles. The van der Waals surface area contributed by atoms with Crippen LogP contribution < -0.4 is 20.7 Å². The molecule has 40 heavy (non-hydrogen) atoms. The number of nitrogens with one attached hydrogen (secondary N) is 4. The fourth-order valence-electron chi connectivity index (χ4n) is 3.43. The molecule has 1 atom stereocenters. The molecule has 3 rings (SSSR count). The average molecular weight is 606 g/mol. The normalized spacial score (nSPS) is 12.8. The molecule has 0 saturated heterocycles. The summed E-state index contributed by atoms with van der Waals surface area (Å²) in [4.78, 5) is 31.9. The molecule has 8 nitrogen and oxygen atoms in total. The van der Waals surface area contributed by atoms with Crippen LogP contribution in [-0.2, 0) is 11.3 Å². The zero-order chi connectivity index (χ0) is 30.0. The number of benzene rings is 2. The first-order valence-corrected chi connectivity index (χ1v) is 13.0. The van der Waals surface area contributed by atoms with Crippen LogP contribution >= 0.6 is 23.2 Å². The van der Waals surface area contributed by atoms with E-state index >= 15 is 4.39 Å². The molecule has 1 aromatic heterocycles. The molecule has 0 fully saturated rings. The van der Waals surface area contributed by atoms with Gasteiger partial charge in [-0.2, -0.15) is 13.2 Å². The van der Waals surface area contributed by atoms with Crippen LogP contribution in [0.5, 0.6) is 5.75 Å². The fourth-order valence-corrected chi connectivity index (χ4v) is 3.96. The smallest absolute Gasteiger partial charge is 0.422 e. The third-order valence-electron chi connectivity index (χ3n) is 5.82. The van der Waals surface area contributed by atoms with Crippen molar-refractivity contribution in [3.63, 3.8) is 0 Å². The zero-order valence-corrected chi connectivity index (χ0v) is 23.9. The highest BCUT2D eigenvalue weighted by Gasteiger charge is 2.32. The van der Waals surface area contributed by atoms with Gasteiger partial charge in [0.25, 0.3) is 5.91 Å². The van der Waals surface area contributed by atoms with Gasteiger partial charge in [0.2, 0.25) is 11.9 Å². The molecule has 0 radical (unpaired) electrons. The molecular formula is C26H29Cl2F4N5O3. The van der Waals surface area contributed by atoms with Crippen molar-refractivity contribution in [3.05, 3.63) is 45.2 Å². The summed E-state index contributed by atoms with van der Waals surface area (Å²) in [5, 5.41) is 8.56. The summed E-state index contributed by atoms with van der Waals surface area (Å²) < 4.78 is 58.8. The molecule has 0 aliphatic heterocycles. The Labute approximate surface area is 238 Å². The van der Waals surface area contributed by atoms with Gasteiger partial charge in [-0.3, -0.25) is 9.59 Å². The summed E-state index contributed by atoms with van der Waals surface area (Å²) in [6, 6.07) is 3.99. The van der Waals surface area contributed by atoms with E-state index in [1.54, 1.807) is 40.7 Å². The summed E-state index contributed by atoms with van der Waals surface area (Å²) >= 11 is 12.9. The van der Waals surface area contributed by atoms with Crippen LogP contribution in [0.15, 0.2) is 18.2 Å². The maximum Gasteiger partial charge on any atom is 0.422 e. The van der Waals surface area contributed by atoms with Crippen LogP contribution in [0.2, 0.25) is 10.0 Å². The standard InChI is InChI=1S/C26H29Cl2F4N5O3/c1-6-12(2)34-22(38)14-9-16-20(18(29)21(14)40-11-26(30,31)32)37-24(35-16)36-19-15(27)8-7-13(17(19)28)10-33-23(39)25(3,4)5/h7-9,12H,6,10-11H2,1-5H3,(H,33,39)(H,34,38)(H2,35,36,37). The van der Waals surface area contributed by atoms with E-state index in [4.69, 9.17) is 27.9 Å². The molecule has 0 aliphatic carbocycles. The number of nitrogens with zero attached hydrogens (tertiary/aromatic N) is 1. The minimum absolute atomic E-state index is 0.00880. The highest BCUT2D eigenvalue weighted by atomic mass is 35.5. The van der Waals surface area contributed by atoms with Gasteiger partial charge in [0, 0.05) is 18.0 Å². The van der Waals surface area contributed by atoms with Gasteiger partial charge in [-0.15, -0.1) is 0 Å². The van der Waals surface area contributed by atoms with Crippen molar-refractivity contribution < 1.29 is 31.9 Å². The Hall–Kier alpha value is -3.25. The van der Waals surface area contributed by atoms with Crippen molar-refractivity contribution in [3.8, 4) is 5.75 Å². The Morgan fingerprint density at radius 2 is 1.85 bits per heavy atom. The lowest BCUT2D eigenvalue weighted by atomic mass is 9.95. The van der Waals surface area contributed by atoms with Crippen molar-refractivity contribution in [2.45, 2.75) is 59.8 Å². The first-order valence-electron chi connectivity index (χ1n) is 12.3. The molecule has 2 amide bonds. The Morgan fingerprint density at radius 3 is 2.45 bits per heavy atom. The monoisotopic (exact) mass is 605 g/mol. The average Bonchev–Trinajstić information content (AvgIpc) is 3.26. The van der Waals surface area contributed by atoms with E-state index in [0.717, 1.165) is 6.07 Å². The Kier molecular flexibility index (Phi) is 9.46. The largest absolute Gasteiger partial charge is 0.480 e. The summed E-state index contributed by atoms with van der Waals surface area (Å²) in [5.74, 6) is -3.20. The van der Waals surface area contributed by atoms with Gasteiger partial charge in [0.05, 0.1) is 26.8 Å². The number of anilines is 2. The van der Waals surface area contributed by atoms with E-state index in [0.29, 0.717) is 12.0 Å². The molecule has 1 unspecified atom stereocenters. The van der Waals surface area contributed by atoms with Gasteiger partial charge in [-0.1, -0.05) is 57.0 Å². The molecule has 0 spiro atoms. The predicted molar refractivity (Wildman–Crippen MR) is 146 cm³/mol. The number of rotatable bonds is 9. The number of alkyl halides is 3. The van der Waals surface area contributed by atoms with Gasteiger partial charge in [0.1, 0.15) is 5.52 Å². The minimum atomic E-state index is -4.77. The molecule has 0 bridgehead atoms. The first-order chi connectivity index (χ1) is 18.5. The topological polar surface area (TPSA) is 108 Å². The Balaban J connectivity index is 2.00. The van der Waals surface area contributed by atoms with Crippen molar-refractivity contribution in [1.82, 2.24) is 20.6 Å². The number of H-pyrrole nitrogens is 1. The van der Waals surface area contributed by atoms with E-state index in [1.165, 1.54) is 6.07 Å². The number of imidazole rings is 1. The van der Waals surface area contributed by atoms with Crippen LogP contribution in [-0.4, -0.2) is 40.6 Å². The summed E-state index contributed by atoms with van der Waals surface area (Å²) in [6.07, 6.45) is -4.23. The number of aromatic nitrogens is 2. The Bertz CT molecular complexity index is 1420. The number of hydrogen-bond donors (Lipinski definition) is 4. The first kappa shape index (κ1) is 31.3. The molecule has 14 heteroatoms. The van der Waals surface area contributed by atoms with E-state index < -0.39 is 41.2 Å². The SMILES string of the molecule is CCC(C)NC(=O)c1cc2[nH]c(Nc3c(Cl)ccc(CNC(=O)C(C)(C)C)c3Cl)nc2c(F)c1OCC(F)(F)F. The maximum absolute atomic E-state index is 15.5. The number of amides is 2. The van der Waals surface area contributed by atoms with Crippen molar-refractivity contribution in [2.24, 2.45) is 5.41 Å². The van der Waals surface area contributed by atoms with Crippen molar-refractivity contribution in [2.75, 3.05) is 11.9 Å². The number of carbonyl (C=O) groups excluding carboxylic acids is 2. The van der Waals surface area contributed by atoms with Gasteiger partial charge >= 0.3 is 6.18 Å². The predicted octanol–water partition coefficient (Wildman–Crippen LogP) is 6.88. The van der Waals surface area contributed by atoms with Gasteiger partial charge in [0.15, 0.2) is 18.2 Å². The number of carbonyl (C=O) groups is 2. The third-order valence-corrected chi connectivity index (χ3v) is 6.57. The van der Waals surface area contributed by atoms with Crippen molar-refractivity contribution >= 4 is 57.7 Å². The van der Waals surface area contributed by atoms with Crippen LogP contribution in [0, 0.1) is 11.2 Å². The number of hydrogen-bond acceptors (Lipinski definition) is 5. The molecule has 0 saturated carbocycles. The molecule has 3 aromatic rings. The minimum Gasteiger partial charge on any atom is -0.480 e. The van der Waals surface area contributed by atoms with Crippen LogP contribution in [0.1, 0.15) is 57.0 Å². The zero-order valence-electron chi connectivity index (χ0n) is 22.4. The van der Waals surface area contributed by atoms with Gasteiger partial charge in [-0.25, -0.2) is 9.37 Å². The molecule has 218 valence electrons. The lowest BCUT2D eigenvalue weighted by Crippen LogP contribution is -2.34. The van der Waals surface area contributed by atoms with Crippen molar-refractivity contribution in [1.29, 1.82) is 0 Å². The molecule has 4 N–H and O–H groups in total. The van der Waals surface area contributed by atoms with Gasteiger partial charge < -0.3 is 25.7 Å². The summed E-state index contributed by atoms with van der Waals surface area (Å²) in [7, 11) is 0. The highest BCUT2D eigenvalue weighted by molar-refractivity contribution is 6.39. The fraction of sp³-hybridized carbons (Fsp3) is 0.423. The highest BCUT2D eigenvalue weighted by Crippen LogP contribution is 2.37. The quantitative estimate of drug-likeness (QED) is 0.199. The van der Waals surface area contributed by atoms with Crippen LogP contribution in [0.4, 0.5) is 29.2 Å². The number of aromatic amines is 1.